The third kappa shape index (κ3) is 5.16. The number of rotatable bonds is 4. The lowest BCUT2D eigenvalue weighted by atomic mass is 9.98. The van der Waals surface area contributed by atoms with Gasteiger partial charge in [-0.05, 0) is 70.1 Å². The number of piperidine rings is 2. The van der Waals surface area contributed by atoms with Gasteiger partial charge in [0.15, 0.2) is 0 Å². The predicted molar refractivity (Wildman–Crippen MR) is 98.4 cm³/mol. The summed E-state index contributed by atoms with van der Waals surface area (Å²) in [5.41, 5.74) is 0.670. The highest BCUT2D eigenvalue weighted by Gasteiger charge is 2.28. The molecule has 0 bridgehead atoms. The summed E-state index contributed by atoms with van der Waals surface area (Å²) in [7, 11) is 2.18. The first-order valence-electron chi connectivity index (χ1n) is 9.17. The van der Waals surface area contributed by atoms with Gasteiger partial charge < -0.3 is 10.2 Å². The first-order chi connectivity index (χ1) is 12.0. The third-order valence-corrected chi connectivity index (χ3v) is 5.74. The Morgan fingerprint density at radius 3 is 2.76 bits per heavy atom. The van der Waals surface area contributed by atoms with E-state index in [2.05, 4.69) is 22.2 Å². The number of amides is 1. The quantitative estimate of drug-likeness (QED) is 0.888. The predicted octanol–water partition coefficient (Wildman–Crippen LogP) is 2.70. The minimum Gasteiger partial charge on any atom is -0.352 e. The molecule has 4 nitrogen and oxygen atoms in total. The number of nitrogens with one attached hydrogen (secondary N) is 1. The normalized spacial score (nSPS) is 23.6. The summed E-state index contributed by atoms with van der Waals surface area (Å²) in [6.45, 7) is 4.37. The minimum atomic E-state index is -0.379. The zero-order valence-electron chi connectivity index (χ0n) is 14.8. The molecule has 3 rings (SSSR count). The fourth-order valence-electron chi connectivity index (χ4n) is 3.93. The fraction of sp³-hybridized carbons (Fsp3) is 0.632. The van der Waals surface area contributed by atoms with E-state index >= 15 is 0 Å². The number of carbonyl (C=O) groups excluding carboxylic acids is 1. The van der Waals surface area contributed by atoms with E-state index in [9.17, 15) is 9.18 Å². The van der Waals surface area contributed by atoms with Crippen LogP contribution in [0.15, 0.2) is 18.2 Å². The molecule has 0 aliphatic carbocycles. The lowest BCUT2D eigenvalue weighted by Gasteiger charge is -2.41. The average Bonchev–Trinajstić information content (AvgIpc) is 2.58. The second-order valence-electron chi connectivity index (χ2n) is 7.35. The van der Waals surface area contributed by atoms with Crippen molar-refractivity contribution >= 4 is 17.5 Å². The molecule has 2 aliphatic rings. The highest BCUT2D eigenvalue weighted by molar-refractivity contribution is 6.31. The van der Waals surface area contributed by atoms with E-state index < -0.39 is 0 Å². The Balaban J connectivity index is 1.51. The Morgan fingerprint density at radius 2 is 2.04 bits per heavy atom. The lowest BCUT2D eigenvalue weighted by molar-refractivity contribution is -0.121. The molecule has 25 heavy (non-hydrogen) atoms. The second-order valence-corrected chi connectivity index (χ2v) is 7.76. The van der Waals surface area contributed by atoms with Gasteiger partial charge in [-0.2, -0.15) is 0 Å². The first-order valence-corrected chi connectivity index (χ1v) is 9.55. The van der Waals surface area contributed by atoms with Gasteiger partial charge in [-0.15, -0.1) is 0 Å². The molecule has 0 spiro atoms. The first kappa shape index (κ1) is 18.6. The molecule has 1 aromatic rings. The van der Waals surface area contributed by atoms with E-state index in [1.807, 2.05) is 0 Å². The standard InChI is InChI=1S/C19H27ClFN3O/c1-23-9-6-17(7-10-23)24-8-2-3-16(13-24)22-19(25)11-14-4-5-15(21)12-18(14)20/h4-5,12,16-17H,2-3,6-11,13H2,1H3,(H,22,25). The molecular weight excluding hydrogens is 341 g/mol. The third-order valence-electron chi connectivity index (χ3n) is 5.39. The summed E-state index contributed by atoms with van der Waals surface area (Å²) in [6, 6.07) is 5.02. The number of carbonyl (C=O) groups is 1. The molecule has 1 atom stereocenters. The summed E-state index contributed by atoms with van der Waals surface area (Å²) in [4.78, 5) is 17.3. The van der Waals surface area contributed by atoms with Crippen molar-refractivity contribution in [2.75, 3.05) is 33.2 Å². The van der Waals surface area contributed by atoms with Crippen LogP contribution in [0.2, 0.25) is 5.02 Å². The van der Waals surface area contributed by atoms with Gasteiger partial charge in [-0.1, -0.05) is 17.7 Å². The van der Waals surface area contributed by atoms with E-state index in [0.717, 1.165) is 39.0 Å². The van der Waals surface area contributed by atoms with Gasteiger partial charge in [0, 0.05) is 23.7 Å². The highest BCUT2D eigenvalue weighted by atomic mass is 35.5. The molecule has 6 heteroatoms. The van der Waals surface area contributed by atoms with Crippen molar-refractivity contribution in [2.24, 2.45) is 0 Å². The molecule has 0 radical (unpaired) electrons. The molecule has 0 aromatic heterocycles. The number of halogens is 2. The Labute approximate surface area is 154 Å². The van der Waals surface area contributed by atoms with Gasteiger partial charge in [-0.25, -0.2) is 4.39 Å². The van der Waals surface area contributed by atoms with Gasteiger partial charge in [0.2, 0.25) is 5.91 Å². The number of benzene rings is 1. The van der Waals surface area contributed by atoms with Crippen molar-refractivity contribution in [3.8, 4) is 0 Å². The van der Waals surface area contributed by atoms with E-state index in [1.54, 1.807) is 6.07 Å². The topological polar surface area (TPSA) is 35.6 Å². The van der Waals surface area contributed by atoms with Gasteiger partial charge in [0.25, 0.3) is 0 Å². The van der Waals surface area contributed by atoms with E-state index in [0.29, 0.717) is 16.6 Å². The Kier molecular flexibility index (Phi) is 6.31. The summed E-state index contributed by atoms with van der Waals surface area (Å²) in [5, 5.41) is 3.46. The molecule has 2 heterocycles. The molecule has 2 fully saturated rings. The Bertz CT molecular complexity index is 604. The van der Waals surface area contributed by atoms with Crippen LogP contribution in [0.3, 0.4) is 0 Å². The molecule has 1 unspecified atom stereocenters. The lowest BCUT2D eigenvalue weighted by Crippen LogP contribution is -2.53. The van der Waals surface area contributed by atoms with Crippen LogP contribution < -0.4 is 5.32 Å². The Hall–Kier alpha value is -1.17. The van der Waals surface area contributed by atoms with Gasteiger partial charge in [0.05, 0.1) is 6.42 Å². The van der Waals surface area contributed by atoms with Crippen LogP contribution in [-0.4, -0.2) is 61.0 Å². The summed E-state index contributed by atoms with van der Waals surface area (Å²) < 4.78 is 13.1. The molecule has 1 aromatic carbocycles. The monoisotopic (exact) mass is 367 g/mol. The molecule has 2 saturated heterocycles. The Morgan fingerprint density at radius 1 is 1.28 bits per heavy atom. The van der Waals surface area contributed by atoms with E-state index in [4.69, 9.17) is 11.6 Å². The van der Waals surface area contributed by atoms with Gasteiger partial charge in [0.1, 0.15) is 5.82 Å². The maximum absolute atomic E-state index is 13.1. The largest absolute Gasteiger partial charge is 0.352 e. The molecule has 0 saturated carbocycles. The fourth-order valence-corrected chi connectivity index (χ4v) is 4.17. The van der Waals surface area contributed by atoms with E-state index in [-0.39, 0.29) is 24.2 Å². The number of nitrogens with zero attached hydrogens (tertiary/aromatic N) is 2. The average molecular weight is 368 g/mol. The van der Waals surface area contributed by atoms with Crippen molar-refractivity contribution in [1.82, 2.24) is 15.1 Å². The summed E-state index contributed by atoms with van der Waals surface area (Å²) in [5.74, 6) is -0.418. The molecular formula is C19H27ClFN3O. The molecule has 1 N–H and O–H groups in total. The smallest absolute Gasteiger partial charge is 0.224 e. The van der Waals surface area contributed by atoms with Crippen molar-refractivity contribution in [3.63, 3.8) is 0 Å². The minimum absolute atomic E-state index is 0.0382. The zero-order valence-corrected chi connectivity index (χ0v) is 15.6. The SMILES string of the molecule is CN1CCC(N2CCCC(NC(=O)Cc3ccc(F)cc3Cl)C2)CC1. The van der Waals surface area contributed by atoms with Crippen LogP contribution >= 0.6 is 11.6 Å². The maximum atomic E-state index is 13.1. The molecule has 2 aliphatic heterocycles. The number of hydrogen-bond acceptors (Lipinski definition) is 3. The van der Waals surface area contributed by atoms with Crippen LogP contribution in [-0.2, 0) is 11.2 Å². The summed E-state index contributed by atoms with van der Waals surface area (Å²) in [6.07, 6.45) is 4.76. The van der Waals surface area contributed by atoms with Crippen molar-refractivity contribution < 1.29 is 9.18 Å². The highest BCUT2D eigenvalue weighted by Crippen LogP contribution is 2.21. The van der Waals surface area contributed by atoms with Crippen LogP contribution in [0, 0.1) is 5.82 Å². The van der Waals surface area contributed by atoms with Crippen LogP contribution in [0.1, 0.15) is 31.2 Å². The second kappa shape index (κ2) is 8.47. The van der Waals surface area contributed by atoms with Gasteiger partial charge in [-0.3, -0.25) is 9.69 Å². The number of hydrogen-bond donors (Lipinski definition) is 1. The van der Waals surface area contributed by atoms with Crippen LogP contribution in [0.25, 0.3) is 0 Å². The van der Waals surface area contributed by atoms with Gasteiger partial charge >= 0.3 is 0 Å². The molecule has 138 valence electrons. The van der Waals surface area contributed by atoms with E-state index in [1.165, 1.54) is 25.0 Å². The van der Waals surface area contributed by atoms with Crippen molar-refractivity contribution in [3.05, 3.63) is 34.6 Å². The van der Waals surface area contributed by atoms with Crippen molar-refractivity contribution in [1.29, 1.82) is 0 Å². The van der Waals surface area contributed by atoms with Crippen LogP contribution in [0.4, 0.5) is 4.39 Å². The maximum Gasteiger partial charge on any atom is 0.224 e. The zero-order chi connectivity index (χ0) is 17.8. The van der Waals surface area contributed by atoms with Crippen LogP contribution in [0.5, 0.6) is 0 Å². The summed E-state index contributed by atoms with van der Waals surface area (Å²) >= 11 is 6.02. The molecule has 1 amide bonds. The van der Waals surface area contributed by atoms with Crippen molar-refractivity contribution in [2.45, 2.75) is 44.2 Å². The number of likely N-dealkylation sites (tertiary alicyclic amines) is 2.